The molecule has 32 heavy (non-hydrogen) atoms. The maximum Gasteiger partial charge on any atom is 0.410 e. The highest BCUT2D eigenvalue weighted by atomic mass is 16.6. The van der Waals surface area contributed by atoms with Crippen molar-refractivity contribution in [3.8, 4) is 17.5 Å². The molecule has 1 aliphatic rings. The number of carbonyl (C=O) groups excluding carboxylic acids is 1. The van der Waals surface area contributed by atoms with E-state index in [0.29, 0.717) is 37.5 Å². The van der Waals surface area contributed by atoms with Gasteiger partial charge in [-0.3, -0.25) is 0 Å². The minimum absolute atomic E-state index is 0.0370. The van der Waals surface area contributed by atoms with Crippen molar-refractivity contribution in [3.63, 3.8) is 0 Å². The molecule has 1 amide bonds. The molecule has 0 bridgehead atoms. The first kappa shape index (κ1) is 23.3. The minimum atomic E-state index is -0.499. The van der Waals surface area contributed by atoms with Gasteiger partial charge in [0.1, 0.15) is 17.5 Å². The summed E-state index contributed by atoms with van der Waals surface area (Å²) in [5, 5.41) is 12.2. The van der Waals surface area contributed by atoms with E-state index in [4.69, 9.17) is 19.0 Å². The number of oxime groups is 1. The average Bonchev–Trinajstić information content (AvgIpc) is 2.78. The topological polar surface area (TPSA) is 95.4 Å². The van der Waals surface area contributed by atoms with Crippen molar-refractivity contribution >= 4 is 11.8 Å². The highest BCUT2D eigenvalue weighted by molar-refractivity contribution is 5.98. The molecule has 1 fully saturated rings. The largest absolute Gasteiger partial charge is 0.497 e. The van der Waals surface area contributed by atoms with Crippen molar-refractivity contribution in [1.29, 1.82) is 0 Å². The van der Waals surface area contributed by atoms with Crippen molar-refractivity contribution in [1.82, 2.24) is 15.1 Å². The van der Waals surface area contributed by atoms with Crippen molar-refractivity contribution in [2.75, 3.05) is 20.2 Å². The number of amides is 1. The van der Waals surface area contributed by atoms with E-state index in [9.17, 15) is 4.79 Å². The second kappa shape index (κ2) is 10.3. The zero-order valence-electron chi connectivity index (χ0n) is 19.2. The summed E-state index contributed by atoms with van der Waals surface area (Å²) < 4.78 is 16.5. The van der Waals surface area contributed by atoms with Crippen molar-refractivity contribution in [2.45, 2.75) is 52.2 Å². The van der Waals surface area contributed by atoms with Crippen molar-refractivity contribution in [3.05, 3.63) is 42.0 Å². The van der Waals surface area contributed by atoms with E-state index in [1.165, 1.54) is 0 Å². The third kappa shape index (κ3) is 6.83. The molecule has 0 unspecified atom stereocenters. The second-order valence-electron chi connectivity index (χ2n) is 8.49. The molecule has 9 heteroatoms. The first-order chi connectivity index (χ1) is 15.2. The molecule has 1 aromatic heterocycles. The second-order valence-corrected chi connectivity index (χ2v) is 8.49. The molecule has 1 saturated heterocycles. The van der Waals surface area contributed by atoms with Crippen LogP contribution in [-0.4, -0.2) is 58.8 Å². The average molecular weight is 443 g/mol. The molecular weight excluding hydrogens is 412 g/mol. The van der Waals surface area contributed by atoms with Crippen molar-refractivity contribution < 1.29 is 23.8 Å². The van der Waals surface area contributed by atoms with Gasteiger partial charge in [-0.05, 0) is 57.5 Å². The number of aromatic nitrogens is 2. The SMILES string of the molecule is COc1ccc(/C(C)=N\Oc2ccc(OC3CCN(C(=O)OC(C)(C)C)CC3)nn2)cc1. The van der Waals surface area contributed by atoms with Gasteiger partial charge in [-0.2, -0.15) is 0 Å². The van der Waals surface area contributed by atoms with Crippen molar-refractivity contribution in [2.24, 2.45) is 5.16 Å². The Morgan fingerprint density at radius 1 is 1.03 bits per heavy atom. The van der Waals surface area contributed by atoms with Gasteiger partial charge in [-0.1, -0.05) is 5.16 Å². The van der Waals surface area contributed by atoms with Crippen LogP contribution in [0.15, 0.2) is 41.6 Å². The number of ether oxygens (including phenoxy) is 3. The monoisotopic (exact) mass is 442 g/mol. The van der Waals surface area contributed by atoms with Gasteiger partial charge in [-0.25, -0.2) is 4.79 Å². The van der Waals surface area contributed by atoms with Crippen LogP contribution in [0.1, 0.15) is 46.1 Å². The summed E-state index contributed by atoms with van der Waals surface area (Å²) >= 11 is 0. The molecule has 2 heterocycles. The maximum absolute atomic E-state index is 12.2. The van der Waals surface area contributed by atoms with Crippen LogP contribution in [0.4, 0.5) is 4.79 Å². The fourth-order valence-corrected chi connectivity index (χ4v) is 3.07. The van der Waals surface area contributed by atoms with Crippen LogP contribution < -0.4 is 14.3 Å². The number of hydrogen-bond acceptors (Lipinski definition) is 8. The Bertz CT molecular complexity index is 915. The Hall–Kier alpha value is -3.36. The van der Waals surface area contributed by atoms with Crippen LogP contribution in [0.5, 0.6) is 17.5 Å². The van der Waals surface area contributed by atoms with Crippen LogP contribution in [0.3, 0.4) is 0 Å². The van der Waals surface area contributed by atoms with Crippen LogP contribution in [0.25, 0.3) is 0 Å². The van der Waals surface area contributed by atoms with Gasteiger partial charge in [0.2, 0.25) is 5.88 Å². The summed E-state index contributed by atoms with van der Waals surface area (Å²) in [4.78, 5) is 19.2. The third-order valence-corrected chi connectivity index (χ3v) is 4.78. The molecule has 2 aromatic rings. The fraction of sp³-hybridized carbons (Fsp3) is 0.478. The molecule has 0 saturated carbocycles. The quantitative estimate of drug-likeness (QED) is 0.492. The van der Waals surface area contributed by atoms with Crippen LogP contribution in [-0.2, 0) is 4.74 Å². The van der Waals surface area contributed by atoms with E-state index >= 15 is 0 Å². The third-order valence-electron chi connectivity index (χ3n) is 4.78. The lowest BCUT2D eigenvalue weighted by atomic mass is 10.1. The van der Waals surface area contributed by atoms with Gasteiger partial charge < -0.3 is 23.9 Å². The number of rotatable bonds is 6. The first-order valence-corrected chi connectivity index (χ1v) is 10.6. The summed E-state index contributed by atoms with van der Waals surface area (Å²) in [6, 6.07) is 10.9. The number of carbonyl (C=O) groups is 1. The van der Waals surface area contributed by atoms with E-state index in [1.807, 2.05) is 52.0 Å². The zero-order chi connectivity index (χ0) is 23.1. The van der Waals surface area contributed by atoms with Crippen LogP contribution in [0.2, 0.25) is 0 Å². The molecule has 0 radical (unpaired) electrons. The predicted octanol–water partition coefficient (Wildman–Crippen LogP) is 4.07. The van der Waals surface area contributed by atoms with Gasteiger partial charge >= 0.3 is 6.09 Å². The Kier molecular flexibility index (Phi) is 7.50. The minimum Gasteiger partial charge on any atom is -0.497 e. The Balaban J connectivity index is 1.47. The van der Waals surface area contributed by atoms with E-state index in [1.54, 1.807) is 24.1 Å². The Labute approximate surface area is 188 Å². The number of methoxy groups -OCH3 is 1. The molecule has 9 nitrogen and oxygen atoms in total. The Morgan fingerprint density at radius 3 is 2.22 bits per heavy atom. The normalized spacial score (nSPS) is 15.3. The molecule has 1 aromatic carbocycles. The molecule has 172 valence electrons. The Morgan fingerprint density at radius 2 is 1.66 bits per heavy atom. The van der Waals surface area contributed by atoms with Crippen LogP contribution in [0, 0.1) is 0 Å². The molecular formula is C23H30N4O5. The number of likely N-dealkylation sites (tertiary alicyclic amines) is 1. The van der Waals surface area contributed by atoms with Gasteiger partial charge in [0.15, 0.2) is 0 Å². The summed E-state index contributed by atoms with van der Waals surface area (Å²) in [6.45, 7) is 8.58. The highest BCUT2D eigenvalue weighted by Gasteiger charge is 2.27. The highest BCUT2D eigenvalue weighted by Crippen LogP contribution is 2.20. The standard InChI is InChI=1S/C23H30N4O5/c1-16(17-6-8-18(29-5)9-7-17)26-32-21-11-10-20(24-25-21)30-19-12-14-27(15-13-19)22(28)31-23(2,3)4/h6-11,19H,12-15H2,1-5H3/b26-16-. The number of piperidine rings is 1. The van der Waals surface area contributed by atoms with Gasteiger partial charge in [0.25, 0.3) is 5.88 Å². The van der Waals surface area contributed by atoms with E-state index in [2.05, 4.69) is 15.4 Å². The molecule has 0 atom stereocenters. The number of benzene rings is 1. The molecule has 0 N–H and O–H groups in total. The number of nitrogens with zero attached hydrogens (tertiary/aromatic N) is 4. The van der Waals surface area contributed by atoms with E-state index < -0.39 is 5.60 Å². The smallest absolute Gasteiger partial charge is 0.410 e. The van der Waals surface area contributed by atoms with Gasteiger partial charge in [0.05, 0.1) is 12.8 Å². The lowest BCUT2D eigenvalue weighted by Gasteiger charge is -2.33. The molecule has 0 aliphatic carbocycles. The molecule has 0 spiro atoms. The van der Waals surface area contributed by atoms with Gasteiger partial charge in [-0.15, -0.1) is 10.2 Å². The number of hydrogen-bond donors (Lipinski definition) is 0. The summed E-state index contributed by atoms with van der Waals surface area (Å²) in [5.74, 6) is 1.45. The molecule has 3 rings (SSSR count). The lowest BCUT2D eigenvalue weighted by molar-refractivity contribution is 0.0122. The molecule has 1 aliphatic heterocycles. The zero-order valence-corrected chi connectivity index (χ0v) is 19.2. The summed E-state index contributed by atoms with van der Waals surface area (Å²) in [5.41, 5.74) is 1.11. The first-order valence-electron chi connectivity index (χ1n) is 10.6. The lowest BCUT2D eigenvalue weighted by Crippen LogP contribution is -2.44. The summed E-state index contributed by atoms with van der Waals surface area (Å²) in [6.07, 6.45) is 1.07. The predicted molar refractivity (Wildman–Crippen MR) is 119 cm³/mol. The summed E-state index contributed by atoms with van der Waals surface area (Å²) in [7, 11) is 1.62. The van der Waals surface area contributed by atoms with E-state index in [-0.39, 0.29) is 18.1 Å². The van der Waals surface area contributed by atoms with E-state index in [0.717, 1.165) is 11.3 Å². The van der Waals surface area contributed by atoms with Crippen LogP contribution >= 0.6 is 0 Å². The van der Waals surface area contributed by atoms with Gasteiger partial charge in [0, 0.05) is 38.1 Å². The maximum atomic E-state index is 12.2. The fourth-order valence-electron chi connectivity index (χ4n) is 3.07.